The highest BCUT2D eigenvalue weighted by molar-refractivity contribution is 5.79. The van der Waals surface area contributed by atoms with Crippen molar-refractivity contribution >= 4 is 17.6 Å². The maximum absolute atomic E-state index is 11.7. The highest BCUT2D eigenvalue weighted by atomic mass is 16.5. The van der Waals surface area contributed by atoms with Crippen molar-refractivity contribution in [2.24, 2.45) is 0 Å². The molecule has 0 saturated heterocycles. The van der Waals surface area contributed by atoms with Gasteiger partial charge in [0.05, 0.1) is 6.61 Å². The van der Waals surface area contributed by atoms with Gasteiger partial charge in [-0.25, -0.2) is 14.8 Å². The van der Waals surface area contributed by atoms with E-state index in [4.69, 9.17) is 4.74 Å². The smallest absolute Gasteiger partial charge is 0.328 e. The number of nitrogens with zero attached hydrogens (tertiary/aromatic N) is 2. The predicted molar refractivity (Wildman–Crippen MR) is 80.0 cm³/mol. The first-order chi connectivity index (χ1) is 9.53. The van der Waals surface area contributed by atoms with Gasteiger partial charge < -0.3 is 15.4 Å². The molecule has 2 N–H and O–H groups in total. The molecule has 1 aromatic heterocycles. The highest BCUT2D eigenvalue weighted by Crippen LogP contribution is 2.21. The van der Waals surface area contributed by atoms with Crippen LogP contribution in [0, 0.1) is 6.92 Å². The van der Waals surface area contributed by atoms with Crippen LogP contribution in [-0.2, 0) is 16.0 Å². The van der Waals surface area contributed by atoms with Gasteiger partial charge in [0.25, 0.3) is 0 Å². The molecule has 0 saturated carbocycles. The molecule has 20 heavy (non-hydrogen) atoms. The minimum absolute atomic E-state index is 0.284. The number of carbonyl (C=O) groups excluding carboxylic acids is 1. The van der Waals surface area contributed by atoms with Gasteiger partial charge in [-0.3, -0.25) is 0 Å². The van der Waals surface area contributed by atoms with Crippen LogP contribution in [0.5, 0.6) is 0 Å². The summed E-state index contributed by atoms with van der Waals surface area (Å²) in [7, 11) is 1.82. The molecule has 0 bridgehead atoms. The predicted octanol–water partition coefficient (Wildman–Crippen LogP) is 2.14. The molecule has 1 rings (SSSR count). The Balaban J connectivity index is 2.97. The second-order valence-electron chi connectivity index (χ2n) is 4.58. The van der Waals surface area contributed by atoms with E-state index in [0.29, 0.717) is 12.4 Å². The summed E-state index contributed by atoms with van der Waals surface area (Å²) in [5, 5.41) is 6.16. The Morgan fingerprint density at radius 1 is 1.30 bits per heavy atom. The second kappa shape index (κ2) is 7.67. The summed E-state index contributed by atoms with van der Waals surface area (Å²) >= 11 is 0. The molecular weight excluding hydrogens is 256 g/mol. The van der Waals surface area contributed by atoms with Crippen LogP contribution in [0.3, 0.4) is 0 Å². The minimum atomic E-state index is -0.442. The number of rotatable bonds is 7. The SMILES string of the molecule is CCCc1nc(NC)c(C)c(NC(C)C(=O)OCC)n1. The Morgan fingerprint density at radius 3 is 2.50 bits per heavy atom. The van der Waals surface area contributed by atoms with Crippen LogP contribution >= 0.6 is 0 Å². The lowest BCUT2D eigenvalue weighted by atomic mass is 10.2. The average Bonchev–Trinajstić information content (AvgIpc) is 2.42. The Bertz CT molecular complexity index is 463. The fourth-order valence-electron chi connectivity index (χ4n) is 1.81. The van der Waals surface area contributed by atoms with E-state index in [1.54, 1.807) is 13.8 Å². The second-order valence-corrected chi connectivity index (χ2v) is 4.58. The quantitative estimate of drug-likeness (QED) is 0.745. The fourth-order valence-corrected chi connectivity index (χ4v) is 1.81. The fraction of sp³-hybridized carbons (Fsp3) is 0.643. The van der Waals surface area contributed by atoms with E-state index in [2.05, 4.69) is 27.5 Å². The first kappa shape index (κ1) is 16.2. The van der Waals surface area contributed by atoms with E-state index in [0.717, 1.165) is 30.0 Å². The number of anilines is 2. The summed E-state index contributed by atoms with van der Waals surface area (Å²) in [4.78, 5) is 20.6. The van der Waals surface area contributed by atoms with Gasteiger partial charge in [0.1, 0.15) is 23.5 Å². The van der Waals surface area contributed by atoms with Gasteiger partial charge in [0.2, 0.25) is 0 Å². The molecule has 0 fully saturated rings. The number of ether oxygens (including phenoxy) is 1. The van der Waals surface area contributed by atoms with Crippen LogP contribution in [0.2, 0.25) is 0 Å². The van der Waals surface area contributed by atoms with Crippen LogP contribution in [0.1, 0.15) is 38.6 Å². The highest BCUT2D eigenvalue weighted by Gasteiger charge is 2.17. The van der Waals surface area contributed by atoms with Gasteiger partial charge in [-0.2, -0.15) is 0 Å². The molecule has 0 aromatic carbocycles. The number of aryl methyl sites for hydroxylation is 1. The van der Waals surface area contributed by atoms with Crippen molar-refractivity contribution in [3.63, 3.8) is 0 Å². The molecule has 1 heterocycles. The molecule has 6 heteroatoms. The maximum atomic E-state index is 11.7. The first-order valence-electron chi connectivity index (χ1n) is 7.01. The number of esters is 1. The van der Waals surface area contributed by atoms with Crippen molar-refractivity contribution in [2.75, 3.05) is 24.3 Å². The minimum Gasteiger partial charge on any atom is -0.464 e. The Kier molecular flexibility index (Phi) is 6.21. The lowest BCUT2D eigenvalue weighted by Gasteiger charge is -2.17. The van der Waals surface area contributed by atoms with Crippen molar-refractivity contribution in [1.82, 2.24) is 9.97 Å². The molecule has 0 aliphatic carbocycles. The largest absolute Gasteiger partial charge is 0.464 e. The molecule has 0 aliphatic heterocycles. The molecule has 1 atom stereocenters. The van der Waals surface area contributed by atoms with Gasteiger partial charge in [0, 0.05) is 19.0 Å². The van der Waals surface area contributed by atoms with E-state index < -0.39 is 6.04 Å². The van der Waals surface area contributed by atoms with E-state index in [1.165, 1.54) is 0 Å². The summed E-state index contributed by atoms with van der Waals surface area (Å²) in [5.41, 5.74) is 0.892. The molecule has 112 valence electrons. The third kappa shape index (κ3) is 4.08. The van der Waals surface area contributed by atoms with Crippen molar-refractivity contribution in [1.29, 1.82) is 0 Å². The molecule has 0 amide bonds. The molecule has 6 nitrogen and oxygen atoms in total. The van der Waals surface area contributed by atoms with Gasteiger partial charge in [-0.1, -0.05) is 6.92 Å². The number of hydrogen-bond donors (Lipinski definition) is 2. The summed E-state index contributed by atoms with van der Waals surface area (Å²) in [6.45, 7) is 7.92. The van der Waals surface area contributed by atoms with E-state index in [9.17, 15) is 4.79 Å². The molecule has 0 spiro atoms. The van der Waals surface area contributed by atoms with E-state index in [-0.39, 0.29) is 5.97 Å². The van der Waals surface area contributed by atoms with Gasteiger partial charge in [-0.15, -0.1) is 0 Å². The topological polar surface area (TPSA) is 76.1 Å². The van der Waals surface area contributed by atoms with Crippen LogP contribution < -0.4 is 10.6 Å². The Labute approximate surface area is 120 Å². The molecule has 1 aromatic rings. The van der Waals surface area contributed by atoms with Crippen LogP contribution in [0.15, 0.2) is 0 Å². The monoisotopic (exact) mass is 280 g/mol. The zero-order chi connectivity index (χ0) is 15.1. The van der Waals surface area contributed by atoms with Crippen molar-refractivity contribution < 1.29 is 9.53 Å². The number of carbonyl (C=O) groups is 1. The van der Waals surface area contributed by atoms with Crippen LogP contribution in [0.4, 0.5) is 11.6 Å². The molecule has 0 aliphatic rings. The molecule has 0 radical (unpaired) electrons. The summed E-state index contributed by atoms with van der Waals surface area (Å²) < 4.78 is 4.99. The Hall–Kier alpha value is -1.85. The number of hydrogen-bond acceptors (Lipinski definition) is 6. The standard InChI is InChI=1S/C14H24N4O2/c1-6-8-11-17-12(15-5)9(3)13(18-11)16-10(4)14(19)20-7-2/h10H,6-8H2,1-5H3,(H2,15,16,17,18). The van der Waals surface area contributed by atoms with Crippen LogP contribution in [0.25, 0.3) is 0 Å². The Morgan fingerprint density at radius 2 is 1.95 bits per heavy atom. The molecule has 1 unspecified atom stereocenters. The summed E-state index contributed by atoms with van der Waals surface area (Å²) in [6.07, 6.45) is 1.77. The van der Waals surface area contributed by atoms with Gasteiger partial charge in [-0.05, 0) is 27.2 Å². The third-order valence-electron chi connectivity index (χ3n) is 2.90. The maximum Gasteiger partial charge on any atom is 0.328 e. The van der Waals surface area contributed by atoms with Gasteiger partial charge in [0.15, 0.2) is 0 Å². The normalized spacial score (nSPS) is 11.8. The first-order valence-corrected chi connectivity index (χ1v) is 7.01. The van der Waals surface area contributed by atoms with Gasteiger partial charge >= 0.3 is 5.97 Å². The lowest BCUT2D eigenvalue weighted by Crippen LogP contribution is -2.29. The third-order valence-corrected chi connectivity index (χ3v) is 2.90. The summed E-state index contributed by atoms with van der Waals surface area (Å²) in [5.74, 6) is 1.94. The average molecular weight is 280 g/mol. The van der Waals surface area contributed by atoms with Crippen LogP contribution in [-0.4, -0.2) is 35.6 Å². The van der Waals surface area contributed by atoms with Crippen molar-refractivity contribution in [3.8, 4) is 0 Å². The van der Waals surface area contributed by atoms with Crippen molar-refractivity contribution in [2.45, 2.75) is 46.6 Å². The van der Waals surface area contributed by atoms with Crippen molar-refractivity contribution in [3.05, 3.63) is 11.4 Å². The number of nitrogens with one attached hydrogen (secondary N) is 2. The lowest BCUT2D eigenvalue weighted by molar-refractivity contribution is -0.143. The van der Waals surface area contributed by atoms with E-state index in [1.807, 2.05) is 14.0 Å². The summed E-state index contributed by atoms with van der Waals surface area (Å²) in [6, 6.07) is -0.442. The molecular formula is C14H24N4O2. The zero-order valence-electron chi connectivity index (χ0n) is 12.9. The number of aromatic nitrogens is 2. The van der Waals surface area contributed by atoms with E-state index >= 15 is 0 Å². The zero-order valence-corrected chi connectivity index (χ0v) is 12.9.